The van der Waals surface area contributed by atoms with E-state index in [2.05, 4.69) is 33.6 Å². The third-order valence-electron chi connectivity index (χ3n) is 0.500. The summed E-state index contributed by atoms with van der Waals surface area (Å²) < 4.78 is 1.22. The van der Waals surface area contributed by atoms with Crippen molar-refractivity contribution in [3.8, 4) is 0 Å². The van der Waals surface area contributed by atoms with Gasteiger partial charge in [0.2, 0.25) is 0 Å². The topological polar surface area (TPSA) is 0 Å². The lowest BCUT2D eigenvalue weighted by Crippen LogP contribution is -2.07. The van der Waals surface area contributed by atoms with Gasteiger partial charge in [-0.3, -0.25) is 0 Å². The van der Waals surface area contributed by atoms with E-state index in [-0.39, 0.29) is 8.41 Å². The van der Waals surface area contributed by atoms with Crippen molar-refractivity contribution >= 4 is 33.3 Å². The number of hydrogen-bond acceptors (Lipinski definition) is 0. The van der Waals surface area contributed by atoms with Gasteiger partial charge < -0.3 is 0 Å². The fourth-order valence-electron chi connectivity index (χ4n) is 0. The zero-order chi connectivity index (χ0) is 5.15. The van der Waals surface area contributed by atoms with Gasteiger partial charge in [-0.2, -0.15) is 0 Å². The molecular weight excluding hydrogens is 120 g/mol. The summed E-state index contributed by atoms with van der Waals surface area (Å²) in [5.74, 6) is 0. The minimum absolute atomic E-state index is 0.208. The van der Waals surface area contributed by atoms with Crippen LogP contribution in [0.4, 0.5) is 0 Å². The van der Waals surface area contributed by atoms with Crippen LogP contribution in [-0.4, -0.2) is 33.3 Å². The van der Waals surface area contributed by atoms with Crippen molar-refractivity contribution in [1.82, 2.24) is 0 Å². The van der Waals surface area contributed by atoms with Crippen LogP contribution in [0.2, 0.25) is 13.1 Å². The molecule has 0 spiro atoms. The highest BCUT2D eigenvalue weighted by Crippen LogP contribution is 1.62. The molecule has 0 bridgehead atoms. The number of rotatable bonds is 0. The van der Waals surface area contributed by atoms with Crippen molar-refractivity contribution in [1.29, 1.82) is 0 Å². The maximum Gasteiger partial charge on any atom is 0.0512 e. The third kappa shape index (κ3) is 2.74. The van der Waals surface area contributed by atoms with E-state index in [0.29, 0.717) is 0 Å². The largest absolute Gasteiger partial charge is 0.121 e. The van der Waals surface area contributed by atoms with Crippen LogP contribution in [-0.2, 0) is 0 Å². The quantitative estimate of drug-likeness (QED) is 0.393. The van der Waals surface area contributed by atoms with Gasteiger partial charge in [0, 0.05) is 0 Å². The van der Waals surface area contributed by atoms with Gasteiger partial charge in [0.1, 0.15) is 0 Å². The van der Waals surface area contributed by atoms with Gasteiger partial charge in [-0.25, -0.2) is 0 Å². The Bertz CT molecular complexity index is 56.1. The Kier molecular flexibility index (Phi) is 2.88. The molecular formula is C3H6Si3. The highest BCUT2D eigenvalue weighted by Gasteiger charge is 1.77. The highest BCUT2D eigenvalue weighted by molar-refractivity contribution is 7.09. The van der Waals surface area contributed by atoms with Gasteiger partial charge >= 0.3 is 0 Å². The lowest BCUT2D eigenvalue weighted by atomic mass is 11.8. The van der Waals surface area contributed by atoms with Crippen molar-refractivity contribution in [3.63, 3.8) is 0 Å². The summed E-state index contributed by atoms with van der Waals surface area (Å²) in [5.41, 5.74) is 0. The third-order valence-corrected chi connectivity index (χ3v) is 4.50. The standard InChI is InChI=1S/C3H6Si3/c1-6(2)3(4)5/h1-2H3. The highest BCUT2D eigenvalue weighted by atomic mass is 28.3. The summed E-state index contributed by atoms with van der Waals surface area (Å²) in [6.07, 6.45) is 0. The van der Waals surface area contributed by atoms with Gasteiger partial charge in [-0.1, -0.05) is 13.1 Å². The fraction of sp³-hybridized carbons (Fsp3) is 0.667. The molecule has 0 aliphatic carbocycles. The molecule has 0 heterocycles. The molecule has 0 amide bonds. The van der Waals surface area contributed by atoms with E-state index >= 15 is 0 Å². The van der Waals surface area contributed by atoms with E-state index < -0.39 is 0 Å². The van der Waals surface area contributed by atoms with Gasteiger partial charge in [-0.05, 0) is 8.41 Å². The van der Waals surface area contributed by atoms with Crippen LogP contribution in [0.15, 0.2) is 0 Å². The van der Waals surface area contributed by atoms with Gasteiger partial charge in [-0.15, -0.1) is 4.42 Å². The van der Waals surface area contributed by atoms with Crippen molar-refractivity contribution in [3.05, 3.63) is 0 Å². The molecule has 0 fully saturated rings. The lowest BCUT2D eigenvalue weighted by molar-refractivity contribution is 2.11. The Hall–Kier alpha value is 0.521. The molecule has 0 saturated carbocycles. The van der Waals surface area contributed by atoms with Gasteiger partial charge in [0.15, 0.2) is 0 Å². The molecule has 0 rings (SSSR count). The predicted molar refractivity (Wildman–Crippen MR) is 34.0 cm³/mol. The van der Waals surface area contributed by atoms with E-state index in [9.17, 15) is 0 Å². The maximum absolute atomic E-state index is 3.36. The predicted octanol–water partition coefficient (Wildman–Crippen LogP) is -0.253. The Morgan fingerprint density at radius 2 is 1.50 bits per heavy atom. The zero-order valence-electron chi connectivity index (χ0n) is 4.00. The maximum atomic E-state index is 3.36. The molecule has 6 radical (unpaired) electrons. The second kappa shape index (κ2) is 2.65. The van der Waals surface area contributed by atoms with Crippen molar-refractivity contribution in [2.45, 2.75) is 13.1 Å². The fourth-order valence-corrected chi connectivity index (χ4v) is 0. The first kappa shape index (κ1) is 6.52. The summed E-state index contributed by atoms with van der Waals surface area (Å²) >= 11 is 0. The first-order valence-electron chi connectivity index (χ1n) is 1.75. The summed E-state index contributed by atoms with van der Waals surface area (Å²) in [6, 6.07) is 0. The molecule has 0 aromatic heterocycles. The first-order valence-corrected chi connectivity index (χ1v) is 5.25. The molecule has 0 saturated heterocycles. The average Bonchev–Trinajstić information content (AvgIpc) is 1.36. The Morgan fingerprint density at radius 1 is 1.33 bits per heavy atom. The van der Waals surface area contributed by atoms with Crippen LogP contribution >= 0.6 is 0 Å². The second-order valence-corrected chi connectivity index (χ2v) is 6.38. The zero-order valence-corrected chi connectivity index (χ0v) is 7.00. The van der Waals surface area contributed by atoms with E-state index in [4.69, 9.17) is 0 Å². The van der Waals surface area contributed by atoms with Crippen LogP contribution in [0.25, 0.3) is 0 Å². The Balaban J connectivity index is 3.68. The molecule has 6 heavy (non-hydrogen) atoms. The molecule has 0 aromatic carbocycles. The van der Waals surface area contributed by atoms with Crippen molar-refractivity contribution in [2.75, 3.05) is 0 Å². The minimum atomic E-state index is -0.208. The molecule has 0 aliphatic heterocycles. The van der Waals surface area contributed by atoms with Crippen LogP contribution < -0.4 is 0 Å². The minimum Gasteiger partial charge on any atom is -0.121 e. The SMILES string of the molecule is C[Si](C)=C([Si])[Si]. The molecule has 0 atom stereocenters. The number of hydrogen-bond donors (Lipinski definition) is 0. The Labute approximate surface area is 47.0 Å². The molecule has 3 heteroatoms. The second-order valence-electron chi connectivity index (χ2n) is 1.38. The summed E-state index contributed by atoms with van der Waals surface area (Å²) in [4.78, 5) is 0. The smallest absolute Gasteiger partial charge is 0.0512 e. The monoisotopic (exact) mass is 126 g/mol. The van der Waals surface area contributed by atoms with E-state index in [1.165, 1.54) is 4.42 Å². The summed E-state index contributed by atoms with van der Waals surface area (Å²) in [5, 5.41) is 0. The van der Waals surface area contributed by atoms with Crippen LogP contribution in [0.5, 0.6) is 0 Å². The molecule has 0 unspecified atom stereocenters. The van der Waals surface area contributed by atoms with Gasteiger partial charge in [0.25, 0.3) is 0 Å². The van der Waals surface area contributed by atoms with Crippen LogP contribution in [0.3, 0.4) is 0 Å². The van der Waals surface area contributed by atoms with Crippen molar-refractivity contribution < 1.29 is 0 Å². The average molecular weight is 126 g/mol. The molecule has 0 aromatic rings. The lowest BCUT2D eigenvalue weighted by Gasteiger charge is -1.85. The first-order chi connectivity index (χ1) is 2.64. The van der Waals surface area contributed by atoms with Crippen LogP contribution in [0, 0.1) is 0 Å². The molecule has 0 nitrogen and oxygen atoms in total. The molecule has 0 aliphatic rings. The summed E-state index contributed by atoms with van der Waals surface area (Å²) in [6.45, 7) is 4.42. The molecule has 30 valence electrons. The van der Waals surface area contributed by atoms with Gasteiger partial charge in [0.05, 0.1) is 20.5 Å². The van der Waals surface area contributed by atoms with E-state index in [1.54, 1.807) is 0 Å². The summed E-state index contributed by atoms with van der Waals surface area (Å²) in [7, 11) is 6.51. The molecule has 0 N–H and O–H groups in total. The van der Waals surface area contributed by atoms with Crippen LogP contribution in [0.1, 0.15) is 0 Å². The van der Waals surface area contributed by atoms with E-state index in [1.807, 2.05) is 0 Å². The normalized spacial score (nSPS) is 8.00. The van der Waals surface area contributed by atoms with Crippen molar-refractivity contribution in [2.24, 2.45) is 0 Å². The Morgan fingerprint density at radius 3 is 1.50 bits per heavy atom. The van der Waals surface area contributed by atoms with E-state index in [0.717, 1.165) is 0 Å².